The van der Waals surface area contributed by atoms with Crippen molar-refractivity contribution in [3.8, 4) is 0 Å². The second kappa shape index (κ2) is 2.58. The van der Waals surface area contributed by atoms with Gasteiger partial charge in [-0.2, -0.15) is 0 Å². The number of rotatable bonds is 2. The van der Waals surface area contributed by atoms with E-state index in [1.807, 2.05) is 0 Å². The Hall–Kier alpha value is -0.570. The number of carboxylic acid groups (broad SMARTS) is 1. The molecule has 3 nitrogen and oxygen atoms in total. The van der Waals surface area contributed by atoms with E-state index in [2.05, 4.69) is 5.11 Å². The Kier molecular flexibility index (Phi) is 1.69. The van der Waals surface area contributed by atoms with Crippen molar-refractivity contribution in [1.29, 1.82) is 1.43 Å². The highest BCUT2D eigenvalue weighted by Gasteiger charge is 2.07. The molecule has 0 heterocycles. The molecule has 0 saturated heterocycles. The Labute approximate surface area is 43.1 Å². The molecule has 0 saturated carbocycles. The van der Waals surface area contributed by atoms with Crippen molar-refractivity contribution in [1.82, 2.24) is 0 Å². The molecule has 0 spiro atoms. The van der Waals surface area contributed by atoms with E-state index in [0.29, 0.717) is 0 Å². The summed E-state index contributed by atoms with van der Waals surface area (Å²) in [6.07, 6.45) is -0.843. The lowest BCUT2D eigenvalue weighted by molar-refractivity contribution is -0.146. The molecule has 1 atom stereocenters. The first kappa shape index (κ1) is 4.59. The highest BCUT2D eigenvalue weighted by Crippen LogP contribution is 1.86. The summed E-state index contributed by atoms with van der Waals surface area (Å²) in [5.41, 5.74) is 0. The second-order valence-corrected chi connectivity index (χ2v) is 1.24. The van der Waals surface area contributed by atoms with Crippen molar-refractivity contribution in [3.05, 3.63) is 0 Å². The predicted molar refractivity (Wildman–Crippen MR) is 23.9 cm³/mol. The Bertz CT molecular complexity index is 83.4. The average Bonchev–Trinajstić information content (AvgIpc) is 1.84. The lowest BCUT2D eigenvalue weighted by Crippen LogP contribution is -2.17. The third-order valence-corrected chi connectivity index (χ3v) is 0.659. The molecule has 3 heteroatoms. The van der Waals surface area contributed by atoms with Crippen molar-refractivity contribution < 1.29 is 15.0 Å². The average molecular weight is 105 g/mol. The van der Waals surface area contributed by atoms with E-state index in [1.165, 1.54) is 0 Å². The van der Waals surface area contributed by atoms with Crippen molar-refractivity contribution >= 4 is 5.97 Å². The molecule has 42 valence electrons. The molecular weight excluding hydrogens is 96.0 g/mol. The van der Waals surface area contributed by atoms with Gasteiger partial charge in [-0.1, -0.05) is 6.92 Å². The van der Waals surface area contributed by atoms with Crippen molar-refractivity contribution in [2.75, 3.05) is 0 Å². The lowest BCUT2D eigenvalue weighted by atomic mass is 10.3. The third kappa shape index (κ3) is 2.17. The van der Waals surface area contributed by atoms with E-state index < -0.39 is 12.1 Å². The fourth-order valence-electron chi connectivity index (χ4n) is 0.167. The van der Waals surface area contributed by atoms with Crippen molar-refractivity contribution in [2.24, 2.45) is 0 Å². The van der Waals surface area contributed by atoms with Crippen LogP contribution in [-0.2, 0) is 4.79 Å². The van der Waals surface area contributed by atoms with Crippen LogP contribution >= 0.6 is 0 Å². The van der Waals surface area contributed by atoms with Gasteiger partial charge in [-0.25, -0.2) is 4.79 Å². The minimum absolute atomic E-state index is 0.289. The van der Waals surface area contributed by atoms with E-state index in [9.17, 15) is 4.79 Å². The van der Waals surface area contributed by atoms with Gasteiger partial charge in [0.25, 0.3) is 1.43 Å². The summed E-state index contributed by atoms with van der Waals surface area (Å²) >= 11 is 0. The number of aliphatic hydroxyl groups excluding tert-OH is 1. The summed E-state index contributed by atoms with van der Waals surface area (Å²) in [5.74, 6) is -0.896. The van der Waals surface area contributed by atoms with Gasteiger partial charge in [0.2, 0.25) is 0 Å². The molecule has 7 heavy (non-hydrogen) atoms. The molecular formula is C4H8O3. The summed E-state index contributed by atoms with van der Waals surface area (Å²) in [5, 5.41) is 12.0. The molecule has 1 unspecified atom stereocenters. The fourth-order valence-corrected chi connectivity index (χ4v) is 0.167. The van der Waals surface area contributed by atoms with Crippen LogP contribution in [0.3, 0.4) is 0 Å². The van der Waals surface area contributed by atoms with Gasteiger partial charge in [0, 0.05) is 0 Å². The Balaban J connectivity index is 3.46. The number of carboxylic acids is 1. The minimum Gasteiger partial charge on any atom is -0.479 e. The molecule has 0 rings (SSSR count). The summed E-state index contributed by atoms with van der Waals surface area (Å²) in [7, 11) is 0. The van der Waals surface area contributed by atoms with E-state index in [1.54, 1.807) is 6.92 Å². The van der Waals surface area contributed by atoms with E-state index in [-0.39, 0.29) is 6.42 Å². The third-order valence-electron chi connectivity index (χ3n) is 0.659. The molecule has 0 amide bonds. The Morgan fingerprint density at radius 1 is 2.14 bits per heavy atom. The van der Waals surface area contributed by atoms with Crippen LogP contribution in [0.2, 0.25) is 0 Å². The molecule has 0 aromatic carbocycles. The van der Waals surface area contributed by atoms with Crippen LogP contribution in [0.25, 0.3) is 1.43 Å². The highest BCUT2D eigenvalue weighted by molar-refractivity contribution is 5.71. The SMILES string of the molecule is [2H]OC(=O)C(O)CC. The highest BCUT2D eigenvalue weighted by atomic mass is 16.4. The topological polar surface area (TPSA) is 57.5 Å². The maximum absolute atomic E-state index is 10.1. The number of aliphatic hydroxyl groups is 1. The Morgan fingerprint density at radius 2 is 2.71 bits per heavy atom. The van der Waals surface area contributed by atoms with E-state index in [0.717, 1.165) is 0 Å². The molecule has 2 N–H and O–H groups in total. The Morgan fingerprint density at radius 3 is 2.86 bits per heavy atom. The van der Waals surface area contributed by atoms with E-state index >= 15 is 0 Å². The molecule has 0 bridgehead atoms. The first-order chi connectivity index (χ1) is 3.72. The first-order valence-corrected chi connectivity index (χ1v) is 2.07. The maximum atomic E-state index is 10.1. The van der Waals surface area contributed by atoms with Gasteiger partial charge in [-0.15, -0.1) is 0 Å². The van der Waals surface area contributed by atoms with Crippen LogP contribution in [-0.4, -0.2) is 22.3 Å². The maximum Gasteiger partial charge on any atom is 0.332 e. The second-order valence-electron chi connectivity index (χ2n) is 1.24. The zero-order chi connectivity index (χ0) is 6.57. The van der Waals surface area contributed by atoms with Crippen LogP contribution in [0.5, 0.6) is 0 Å². The first-order valence-electron chi connectivity index (χ1n) is 2.48. The molecule has 0 aliphatic rings. The molecule has 0 aliphatic carbocycles. The molecule has 0 aliphatic heterocycles. The summed E-state index contributed by atoms with van der Waals surface area (Å²) < 4.78 is 6.03. The normalized spacial score (nSPS) is 14.9. The van der Waals surface area contributed by atoms with Gasteiger partial charge in [0.1, 0.15) is 0 Å². The number of hydrogen-bond donors (Lipinski definition) is 2. The van der Waals surface area contributed by atoms with Gasteiger partial charge in [0.05, 0.1) is 0 Å². The van der Waals surface area contributed by atoms with Crippen LogP contribution in [0.1, 0.15) is 13.3 Å². The van der Waals surface area contributed by atoms with Crippen molar-refractivity contribution in [2.45, 2.75) is 19.4 Å². The predicted octanol–water partition coefficient (Wildman–Crippen LogP) is -0.158. The van der Waals surface area contributed by atoms with Crippen molar-refractivity contribution in [3.63, 3.8) is 0 Å². The summed E-state index contributed by atoms with van der Waals surface area (Å²) in [4.78, 5) is 10.1. The number of carbonyl (C=O) groups is 1. The van der Waals surface area contributed by atoms with Gasteiger partial charge in [-0.3, -0.25) is 0 Å². The van der Waals surface area contributed by atoms with E-state index in [4.69, 9.17) is 6.54 Å². The smallest absolute Gasteiger partial charge is 0.332 e. The van der Waals surface area contributed by atoms with Gasteiger partial charge in [-0.05, 0) is 6.42 Å². The molecule has 0 aromatic rings. The zero-order valence-electron chi connectivity index (χ0n) is 5.05. The fraction of sp³-hybridized carbons (Fsp3) is 0.750. The molecule has 0 aromatic heterocycles. The summed E-state index contributed by atoms with van der Waals surface area (Å²) in [6, 6.07) is 0. The van der Waals surface area contributed by atoms with Crippen LogP contribution < -0.4 is 0 Å². The van der Waals surface area contributed by atoms with Crippen LogP contribution in [0, 0.1) is 0 Å². The van der Waals surface area contributed by atoms with Gasteiger partial charge >= 0.3 is 5.97 Å². The minimum atomic E-state index is -1.13. The standard InChI is InChI=1S/C4H8O3/c1-2-3(5)4(6)7/h3,5H,2H2,1H3,(H,6,7)/i/hD. The van der Waals surface area contributed by atoms with Gasteiger partial charge < -0.3 is 10.2 Å². The lowest BCUT2D eigenvalue weighted by Gasteiger charge is -1.95. The van der Waals surface area contributed by atoms with Crippen LogP contribution in [0.15, 0.2) is 0 Å². The number of aliphatic carboxylic acids is 1. The zero-order valence-corrected chi connectivity index (χ0v) is 4.05. The summed E-state index contributed by atoms with van der Waals surface area (Å²) in [6.45, 7) is 1.63. The number of hydrogen-bond acceptors (Lipinski definition) is 3. The van der Waals surface area contributed by atoms with Gasteiger partial charge in [0.15, 0.2) is 6.10 Å². The molecule has 0 fully saturated rings. The quantitative estimate of drug-likeness (QED) is 0.513. The van der Waals surface area contributed by atoms with Crippen LogP contribution in [0.4, 0.5) is 0 Å². The molecule has 0 radical (unpaired) electrons. The largest absolute Gasteiger partial charge is 0.479 e. The monoisotopic (exact) mass is 105 g/mol.